The molecule has 1 fully saturated rings. The number of aromatic nitrogens is 2. The van der Waals surface area contributed by atoms with Gasteiger partial charge in [0.15, 0.2) is 0 Å². The fourth-order valence-electron chi connectivity index (χ4n) is 2.44. The van der Waals surface area contributed by atoms with Crippen molar-refractivity contribution in [3.8, 4) is 0 Å². The summed E-state index contributed by atoms with van der Waals surface area (Å²) in [7, 11) is 3.62. The van der Waals surface area contributed by atoms with E-state index in [0.29, 0.717) is 18.1 Å². The Balaban J connectivity index is 1.89. The number of nitrogens with zero attached hydrogens (tertiary/aromatic N) is 2. The maximum atomic E-state index is 5.32. The molecule has 108 valence electrons. The Kier molecular flexibility index (Phi) is 3.76. The van der Waals surface area contributed by atoms with Crippen LogP contribution in [0.2, 0.25) is 0 Å². The predicted molar refractivity (Wildman–Crippen MR) is 83.8 cm³/mol. The molecule has 2 aromatic rings. The lowest BCUT2D eigenvalue weighted by Gasteiger charge is -2.35. The number of fused-ring (bicyclic) bond motifs is 1. The fraction of sp³-hybridized carbons (Fsp3) is 0.571. The normalized spacial score (nSPS) is 21.8. The molecule has 1 aliphatic rings. The van der Waals surface area contributed by atoms with E-state index in [1.807, 2.05) is 7.05 Å². The second-order valence-electron chi connectivity index (χ2n) is 5.10. The van der Waals surface area contributed by atoms with Crippen molar-refractivity contribution in [2.45, 2.75) is 38.3 Å². The molecule has 1 saturated carbocycles. The minimum atomic E-state index is 0.391. The van der Waals surface area contributed by atoms with Crippen molar-refractivity contribution in [1.82, 2.24) is 9.97 Å². The summed E-state index contributed by atoms with van der Waals surface area (Å²) < 4.78 is 5.32. The van der Waals surface area contributed by atoms with Gasteiger partial charge in [0.25, 0.3) is 0 Å². The van der Waals surface area contributed by atoms with E-state index in [0.717, 1.165) is 35.3 Å². The summed E-state index contributed by atoms with van der Waals surface area (Å²) in [5.41, 5.74) is 0. The predicted octanol–water partition coefficient (Wildman–Crippen LogP) is 2.88. The van der Waals surface area contributed by atoms with E-state index in [9.17, 15) is 0 Å². The van der Waals surface area contributed by atoms with E-state index in [2.05, 4.69) is 33.6 Å². The van der Waals surface area contributed by atoms with Gasteiger partial charge in [-0.1, -0.05) is 6.92 Å². The highest BCUT2D eigenvalue weighted by atomic mass is 32.1. The average molecular weight is 292 g/mol. The molecule has 5 nitrogen and oxygen atoms in total. The number of hydrogen-bond donors (Lipinski definition) is 2. The zero-order chi connectivity index (χ0) is 14.1. The third kappa shape index (κ3) is 2.45. The molecular formula is C14H20N4OS. The van der Waals surface area contributed by atoms with Gasteiger partial charge in [0, 0.05) is 25.1 Å². The number of methoxy groups -OCH3 is 1. The maximum Gasteiger partial charge on any atom is 0.225 e. The van der Waals surface area contributed by atoms with Crippen LogP contribution in [0.1, 0.15) is 24.6 Å². The van der Waals surface area contributed by atoms with Crippen molar-refractivity contribution in [3.05, 3.63) is 10.9 Å². The van der Waals surface area contributed by atoms with Crippen LogP contribution >= 0.6 is 11.3 Å². The molecule has 0 unspecified atom stereocenters. The van der Waals surface area contributed by atoms with Crippen LogP contribution in [0.3, 0.4) is 0 Å². The number of thiophene rings is 1. The highest BCUT2D eigenvalue weighted by molar-refractivity contribution is 7.18. The second kappa shape index (κ2) is 5.54. The molecule has 0 aromatic carbocycles. The summed E-state index contributed by atoms with van der Waals surface area (Å²) in [6.45, 7) is 2.17. The van der Waals surface area contributed by atoms with Crippen molar-refractivity contribution in [2.24, 2.45) is 0 Å². The lowest BCUT2D eigenvalue weighted by molar-refractivity contribution is 0.0328. The molecular weight excluding hydrogens is 272 g/mol. The van der Waals surface area contributed by atoms with Crippen LogP contribution in [0.5, 0.6) is 0 Å². The van der Waals surface area contributed by atoms with Gasteiger partial charge in [-0.05, 0) is 25.3 Å². The Morgan fingerprint density at radius 3 is 2.85 bits per heavy atom. The first-order chi connectivity index (χ1) is 9.73. The molecule has 2 heterocycles. The van der Waals surface area contributed by atoms with E-state index in [1.54, 1.807) is 18.4 Å². The van der Waals surface area contributed by atoms with Gasteiger partial charge < -0.3 is 15.4 Å². The van der Waals surface area contributed by atoms with E-state index in [1.165, 1.54) is 4.88 Å². The summed E-state index contributed by atoms with van der Waals surface area (Å²) >= 11 is 1.74. The van der Waals surface area contributed by atoms with Crippen molar-refractivity contribution >= 4 is 33.3 Å². The molecule has 6 heteroatoms. The molecule has 20 heavy (non-hydrogen) atoms. The van der Waals surface area contributed by atoms with Crippen molar-refractivity contribution in [3.63, 3.8) is 0 Å². The summed E-state index contributed by atoms with van der Waals surface area (Å²) in [6.07, 6.45) is 3.51. The molecule has 1 aliphatic carbocycles. The Morgan fingerprint density at radius 1 is 1.40 bits per heavy atom. The van der Waals surface area contributed by atoms with Gasteiger partial charge in [-0.15, -0.1) is 11.3 Å². The summed E-state index contributed by atoms with van der Waals surface area (Å²) in [5.74, 6) is 1.61. The molecule has 0 radical (unpaired) electrons. The van der Waals surface area contributed by atoms with Crippen LogP contribution in [-0.2, 0) is 11.2 Å². The highest BCUT2D eigenvalue weighted by Crippen LogP contribution is 2.33. The SMILES string of the molecule is CCc1cc2c(NC3CC(OC)C3)nc(NC)nc2s1. The Hall–Kier alpha value is -1.40. The van der Waals surface area contributed by atoms with Crippen molar-refractivity contribution in [2.75, 3.05) is 24.8 Å². The summed E-state index contributed by atoms with van der Waals surface area (Å²) in [5, 5.41) is 7.70. The topological polar surface area (TPSA) is 59.1 Å². The molecule has 0 atom stereocenters. The van der Waals surface area contributed by atoms with Crippen LogP contribution in [0.4, 0.5) is 11.8 Å². The molecule has 0 spiro atoms. The van der Waals surface area contributed by atoms with Crippen LogP contribution in [0.15, 0.2) is 6.07 Å². The molecule has 2 aromatic heterocycles. The van der Waals surface area contributed by atoms with E-state index in [4.69, 9.17) is 4.74 Å². The Labute approximate surface area is 122 Å². The highest BCUT2D eigenvalue weighted by Gasteiger charge is 2.29. The molecule has 3 rings (SSSR count). The van der Waals surface area contributed by atoms with Crippen LogP contribution in [0.25, 0.3) is 10.2 Å². The lowest BCUT2D eigenvalue weighted by atomic mass is 9.89. The van der Waals surface area contributed by atoms with Gasteiger partial charge in [0.1, 0.15) is 10.6 Å². The molecule has 0 bridgehead atoms. The molecule has 0 aliphatic heterocycles. The van der Waals surface area contributed by atoms with Gasteiger partial charge in [-0.25, -0.2) is 4.98 Å². The number of anilines is 2. The van der Waals surface area contributed by atoms with E-state index < -0.39 is 0 Å². The number of hydrogen-bond acceptors (Lipinski definition) is 6. The monoisotopic (exact) mass is 292 g/mol. The Morgan fingerprint density at radius 2 is 2.20 bits per heavy atom. The zero-order valence-corrected chi connectivity index (χ0v) is 12.9. The zero-order valence-electron chi connectivity index (χ0n) is 12.1. The van der Waals surface area contributed by atoms with Gasteiger partial charge in [0.2, 0.25) is 5.95 Å². The summed E-state index contributed by atoms with van der Waals surface area (Å²) in [4.78, 5) is 11.5. The number of aryl methyl sites for hydroxylation is 1. The number of ether oxygens (including phenoxy) is 1. The van der Waals surface area contributed by atoms with Crippen LogP contribution in [-0.4, -0.2) is 36.3 Å². The van der Waals surface area contributed by atoms with E-state index in [-0.39, 0.29) is 0 Å². The first kappa shape index (κ1) is 13.6. The minimum Gasteiger partial charge on any atom is -0.381 e. The molecule has 0 saturated heterocycles. The van der Waals surface area contributed by atoms with Gasteiger partial charge in [-0.3, -0.25) is 0 Å². The minimum absolute atomic E-state index is 0.391. The van der Waals surface area contributed by atoms with Gasteiger partial charge >= 0.3 is 0 Å². The number of nitrogens with one attached hydrogen (secondary N) is 2. The average Bonchev–Trinajstić information content (AvgIpc) is 2.84. The third-order valence-electron chi connectivity index (χ3n) is 3.78. The second-order valence-corrected chi connectivity index (χ2v) is 6.22. The third-order valence-corrected chi connectivity index (χ3v) is 4.96. The van der Waals surface area contributed by atoms with Crippen LogP contribution < -0.4 is 10.6 Å². The molecule has 0 amide bonds. The standard InChI is InChI=1S/C14H20N4OS/c1-4-10-7-11-12(16-8-5-9(6-8)19-3)17-14(15-2)18-13(11)20-10/h7-9H,4-6H2,1-3H3,(H2,15,16,17,18). The fourth-order valence-corrected chi connectivity index (χ4v) is 3.40. The smallest absolute Gasteiger partial charge is 0.225 e. The van der Waals surface area contributed by atoms with Gasteiger partial charge in [0.05, 0.1) is 11.5 Å². The largest absolute Gasteiger partial charge is 0.381 e. The first-order valence-corrected chi connectivity index (χ1v) is 7.82. The number of rotatable bonds is 5. The van der Waals surface area contributed by atoms with Crippen molar-refractivity contribution in [1.29, 1.82) is 0 Å². The quantitative estimate of drug-likeness (QED) is 0.887. The van der Waals surface area contributed by atoms with E-state index >= 15 is 0 Å². The lowest BCUT2D eigenvalue weighted by Crippen LogP contribution is -2.40. The van der Waals surface area contributed by atoms with Crippen LogP contribution in [0, 0.1) is 0 Å². The first-order valence-electron chi connectivity index (χ1n) is 7.01. The Bertz CT molecular complexity index is 606. The summed E-state index contributed by atoms with van der Waals surface area (Å²) in [6, 6.07) is 2.65. The van der Waals surface area contributed by atoms with Gasteiger partial charge in [-0.2, -0.15) is 4.98 Å². The molecule has 2 N–H and O–H groups in total. The van der Waals surface area contributed by atoms with Crippen molar-refractivity contribution < 1.29 is 4.74 Å². The maximum absolute atomic E-state index is 5.32.